The van der Waals surface area contributed by atoms with E-state index in [-0.39, 0.29) is 16.6 Å². The van der Waals surface area contributed by atoms with E-state index in [0.29, 0.717) is 33.2 Å². The molecule has 0 fully saturated rings. The lowest BCUT2D eigenvalue weighted by Gasteiger charge is -2.12. The van der Waals surface area contributed by atoms with Gasteiger partial charge in [0.05, 0.1) is 29.0 Å². The normalized spacial score (nSPS) is 14.9. The van der Waals surface area contributed by atoms with E-state index >= 15 is 0 Å². The number of carbonyl (C=O) groups is 2. The topological polar surface area (TPSA) is 128 Å². The number of hydrazone groups is 1. The van der Waals surface area contributed by atoms with Gasteiger partial charge in [0.15, 0.2) is 11.5 Å². The first-order valence-corrected chi connectivity index (χ1v) is 12.3. The average Bonchev–Trinajstić information content (AvgIpc) is 3.44. The van der Waals surface area contributed by atoms with Crippen molar-refractivity contribution in [2.24, 2.45) is 10.2 Å². The highest BCUT2D eigenvalue weighted by Crippen LogP contribution is 2.31. The van der Waals surface area contributed by atoms with Crippen molar-refractivity contribution < 1.29 is 27.5 Å². The van der Waals surface area contributed by atoms with Crippen LogP contribution in [0.25, 0.3) is 6.08 Å². The highest BCUT2D eigenvalue weighted by molar-refractivity contribution is 7.89. The number of primary sulfonamides is 1. The Balaban J connectivity index is 1.57. The zero-order chi connectivity index (χ0) is 24.5. The van der Waals surface area contributed by atoms with Crippen LogP contribution in [0.4, 0.5) is 5.69 Å². The van der Waals surface area contributed by atoms with Crippen LogP contribution in [0.15, 0.2) is 75.5 Å². The molecule has 11 heteroatoms. The predicted molar refractivity (Wildman–Crippen MR) is 129 cm³/mol. The van der Waals surface area contributed by atoms with Crippen LogP contribution in [-0.2, 0) is 14.8 Å². The number of nitrogens with two attached hydrogens (primary N) is 1. The van der Waals surface area contributed by atoms with Gasteiger partial charge in [0.1, 0.15) is 4.88 Å². The van der Waals surface area contributed by atoms with Gasteiger partial charge in [-0.1, -0.05) is 12.1 Å². The summed E-state index contributed by atoms with van der Waals surface area (Å²) in [6.45, 7) is 1.69. The number of hydrogen-bond acceptors (Lipinski definition) is 8. The number of anilines is 1. The zero-order valence-corrected chi connectivity index (χ0v) is 19.7. The van der Waals surface area contributed by atoms with E-state index in [1.807, 2.05) is 0 Å². The Morgan fingerprint density at radius 2 is 1.85 bits per heavy atom. The van der Waals surface area contributed by atoms with E-state index in [4.69, 9.17) is 14.6 Å². The lowest BCUT2D eigenvalue weighted by atomic mass is 10.1. The second-order valence-corrected chi connectivity index (χ2v) is 9.69. The second kappa shape index (κ2) is 9.21. The van der Waals surface area contributed by atoms with Crippen LogP contribution in [0, 0.1) is 0 Å². The summed E-state index contributed by atoms with van der Waals surface area (Å²) in [6, 6.07) is 13.9. The molecule has 0 atom stereocenters. The van der Waals surface area contributed by atoms with Crippen LogP contribution in [0.3, 0.4) is 0 Å². The number of benzene rings is 2. The van der Waals surface area contributed by atoms with Crippen LogP contribution in [0.2, 0.25) is 0 Å². The highest BCUT2D eigenvalue weighted by atomic mass is 32.2. The number of sulfonamides is 1. The van der Waals surface area contributed by atoms with Gasteiger partial charge < -0.3 is 9.47 Å². The Kier molecular flexibility index (Phi) is 6.33. The van der Waals surface area contributed by atoms with Gasteiger partial charge >= 0.3 is 5.97 Å². The number of nitrogens with zero attached hydrogens (tertiary/aromatic N) is 2. The first-order valence-electron chi connectivity index (χ1n) is 9.85. The lowest BCUT2D eigenvalue weighted by molar-refractivity contribution is -0.114. The number of esters is 1. The van der Waals surface area contributed by atoms with Crippen LogP contribution < -0.4 is 19.6 Å². The maximum absolute atomic E-state index is 13.0. The molecule has 1 aromatic heterocycles. The fourth-order valence-corrected chi connectivity index (χ4v) is 4.32. The minimum absolute atomic E-state index is 0.0636. The van der Waals surface area contributed by atoms with E-state index < -0.39 is 16.0 Å². The lowest BCUT2D eigenvalue weighted by Crippen LogP contribution is -2.21. The first kappa shape index (κ1) is 23.4. The number of carbonyl (C=O) groups excluding carboxylic acids is 2. The maximum Gasteiger partial charge on any atom is 0.353 e. The average molecular weight is 498 g/mol. The van der Waals surface area contributed by atoms with E-state index in [1.165, 1.54) is 47.7 Å². The van der Waals surface area contributed by atoms with Gasteiger partial charge in [-0.3, -0.25) is 4.79 Å². The molecule has 3 aromatic rings. The molecule has 0 aliphatic carbocycles. The Morgan fingerprint density at radius 1 is 1.12 bits per heavy atom. The molecule has 0 spiro atoms. The summed E-state index contributed by atoms with van der Waals surface area (Å²) in [6.07, 6.45) is 1.65. The molecular weight excluding hydrogens is 478 g/mol. The van der Waals surface area contributed by atoms with Gasteiger partial charge in [-0.2, -0.15) is 10.1 Å². The molecule has 0 bridgehead atoms. The largest absolute Gasteiger partial charge is 0.493 e. The highest BCUT2D eigenvalue weighted by Gasteiger charge is 2.29. The van der Waals surface area contributed by atoms with Gasteiger partial charge in [-0.15, -0.1) is 11.3 Å². The molecule has 0 unspecified atom stereocenters. The fraction of sp³-hybridized carbons (Fsp3) is 0.0870. The fourth-order valence-electron chi connectivity index (χ4n) is 3.21. The Morgan fingerprint density at radius 3 is 2.47 bits per heavy atom. The summed E-state index contributed by atoms with van der Waals surface area (Å²) >= 11 is 1.27. The van der Waals surface area contributed by atoms with E-state index in [2.05, 4.69) is 5.10 Å². The number of hydrogen-bond donors (Lipinski definition) is 1. The molecule has 1 amide bonds. The monoisotopic (exact) mass is 497 g/mol. The maximum atomic E-state index is 13.0. The van der Waals surface area contributed by atoms with Crippen molar-refractivity contribution in [2.45, 2.75) is 11.8 Å². The van der Waals surface area contributed by atoms with Crippen molar-refractivity contribution in [2.75, 3.05) is 12.1 Å². The molecule has 34 heavy (non-hydrogen) atoms. The summed E-state index contributed by atoms with van der Waals surface area (Å²) in [7, 11) is -2.39. The molecule has 4 rings (SSSR count). The van der Waals surface area contributed by atoms with Gasteiger partial charge in [0.25, 0.3) is 5.91 Å². The quantitative estimate of drug-likeness (QED) is 0.316. The summed E-state index contributed by atoms with van der Waals surface area (Å²) in [5.74, 6) is -0.289. The zero-order valence-electron chi connectivity index (χ0n) is 18.1. The molecule has 1 aliphatic rings. The molecule has 9 nitrogen and oxygen atoms in total. The predicted octanol–water partition coefficient (Wildman–Crippen LogP) is 3.43. The van der Waals surface area contributed by atoms with E-state index in [9.17, 15) is 18.0 Å². The molecule has 174 valence electrons. The van der Waals surface area contributed by atoms with Crippen molar-refractivity contribution >= 4 is 50.7 Å². The van der Waals surface area contributed by atoms with Crippen molar-refractivity contribution in [1.29, 1.82) is 0 Å². The smallest absolute Gasteiger partial charge is 0.353 e. The summed E-state index contributed by atoms with van der Waals surface area (Å²) < 4.78 is 33.7. The number of ether oxygens (including phenoxy) is 2. The molecule has 0 saturated carbocycles. The van der Waals surface area contributed by atoms with Gasteiger partial charge in [-0.25, -0.2) is 18.4 Å². The van der Waals surface area contributed by atoms with Crippen molar-refractivity contribution in [1.82, 2.24) is 0 Å². The Bertz CT molecular complexity index is 1430. The number of methoxy groups -OCH3 is 1. The summed E-state index contributed by atoms with van der Waals surface area (Å²) in [4.78, 5) is 25.7. The molecule has 2 heterocycles. The van der Waals surface area contributed by atoms with Crippen molar-refractivity contribution in [3.8, 4) is 11.5 Å². The van der Waals surface area contributed by atoms with Crippen LogP contribution in [0.1, 0.15) is 22.2 Å². The number of rotatable bonds is 6. The first-order chi connectivity index (χ1) is 16.2. The molecule has 0 radical (unpaired) electrons. The standard InChI is InChI=1S/C23H19N3O6S2/c1-14-18(22(27)26(25-14)16-6-8-17(9-7-16)34(24,29)30)12-15-5-10-19(20(13-15)31-2)32-23(28)21-4-3-11-33-21/h3-13H,1-2H3,(H2,24,29,30)/b18-12+. The van der Waals surface area contributed by atoms with Crippen LogP contribution in [0.5, 0.6) is 11.5 Å². The van der Waals surface area contributed by atoms with Gasteiger partial charge in [0, 0.05) is 0 Å². The molecule has 1 aliphatic heterocycles. The SMILES string of the molecule is COc1cc(/C=C2/C(=O)N(c3ccc(S(N)(=O)=O)cc3)N=C2C)ccc1OC(=O)c1cccs1. The van der Waals surface area contributed by atoms with Crippen LogP contribution >= 0.6 is 11.3 Å². The van der Waals surface area contributed by atoms with E-state index in [0.717, 1.165) is 0 Å². The number of thiophene rings is 1. The molecule has 2 N–H and O–H groups in total. The van der Waals surface area contributed by atoms with Crippen molar-refractivity contribution in [3.05, 3.63) is 76.0 Å². The third-order valence-electron chi connectivity index (χ3n) is 4.90. The third kappa shape index (κ3) is 4.76. The molecule has 2 aromatic carbocycles. The minimum atomic E-state index is -3.84. The summed E-state index contributed by atoms with van der Waals surface area (Å²) in [5.41, 5.74) is 1.86. The molecular formula is C23H19N3O6S2. The minimum Gasteiger partial charge on any atom is -0.493 e. The summed E-state index contributed by atoms with van der Waals surface area (Å²) in [5, 5.41) is 12.4. The Hall–Kier alpha value is -3.80. The number of amides is 1. The van der Waals surface area contributed by atoms with Crippen LogP contribution in [-0.4, -0.2) is 33.1 Å². The van der Waals surface area contributed by atoms with Crippen molar-refractivity contribution in [3.63, 3.8) is 0 Å². The van der Waals surface area contributed by atoms with Gasteiger partial charge in [0.2, 0.25) is 10.0 Å². The van der Waals surface area contributed by atoms with Gasteiger partial charge in [-0.05, 0) is 66.4 Å². The second-order valence-electron chi connectivity index (χ2n) is 7.18. The van der Waals surface area contributed by atoms with E-state index in [1.54, 1.807) is 48.7 Å². The Labute approximate surface area is 199 Å². The molecule has 0 saturated heterocycles. The third-order valence-corrected chi connectivity index (χ3v) is 6.68.